The van der Waals surface area contributed by atoms with Crippen LogP contribution in [0.25, 0.3) is 0 Å². The highest BCUT2D eigenvalue weighted by atomic mass is 28.3. The van der Waals surface area contributed by atoms with Gasteiger partial charge in [-0.3, -0.25) is 0 Å². The highest BCUT2D eigenvalue weighted by molar-refractivity contribution is 6.92. The molecule has 1 unspecified atom stereocenters. The van der Waals surface area contributed by atoms with Crippen molar-refractivity contribution in [3.05, 3.63) is 80.7 Å². The fourth-order valence-corrected chi connectivity index (χ4v) is 11.2. The summed E-state index contributed by atoms with van der Waals surface area (Å²) in [6.45, 7) is 22.2. The van der Waals surface area contributed by atoms with Crippen LogP contribution in [0, 0.1) is 23.7 Å². The van der Waals surface area contributed by atoms with E-state index in [-0.39, 0.29) is 5.41 Å². The van der Waals surface area contributed by atoms with Crippen molar-refractivity contribution in [2.24, 2.45) is 23.7 Å². The van der Waals surface area contributed by atoms with Crippen molar-refractivity contribution in [2.45, 2.75) is 92.7 Å². The molecule has 1 fully saturated rings. The molecular formula is C32H46Si. The first kappa shape index (κ1) is 24.5. The van der Waals surface area contributed by atoms with E-state index in [0.29, 0.717) is 11.8 Å². The monoisotopic (exact) mass is 458 g/mol. The van der Waals surface area contributed by atoms with E-state index in [1.54, 1.807) is 32.7 Å². The zero-order valence-electron chi connectivity index (χ0n) is 22.7. The number of rotatable bonds is 5. The van der Waals surface area contributed by atoms with Crippen molar-refractivity contribution >= 4 is 8.07 Å². The third kappa shape index (κ3) is 4.20. The Bertz CT molecular complexity index is 1030. The average molecular weight is 459 g/mol. The molecule has 3 aliphatic rings. The molecule has 0 nitrogen and oxygen atoms in total. The predicted molar refractivity (Wildman–Crippen MR) is 148 cm³/mol. The van der Waals surface area contributed by atoms with Gasteiger partial charge >= 0.3 is 0 Å². The smallest absolute Gasteiger partial charge is 0.0808 e. The van der Waals surface area contributed by atoms with Crippen LogP contribution in [-0.4, -0.2) is 8.07 Å². The van der Waals surface area contributed by atoms with Gasteiger partial charge in [-0.1, -0.05) is 122 Å². The van der Waals surface area contributed by atoms with Crippen LogP contribution in [0.4, 0.5) is 0 Å². The second-order valence-electron chi connectivity index (χ2n) is 12.5. The van der Waals surface area contributed by atoms with Gasteiger partial charge in [0.2, 0.25) is 0 Å². The lowest BCUT2D eigenvalue weighted by atomic mass is 9.59. The van der Waals surface area contributed by atoms with Gasteiger partial charge in [0.1, 0.15) is 8.07 Å². The normalized spacial score (nSPS) is 29.0. The lowest BCUT2D eigenvalue weighted by Gasteiger charge is -2.45. The topological polar surface area (TPSA) is 0 Å². The molecule has 1 aromatic rings. The highest BCUT2D eigenvalue weighted by Gasteiger charge is 2.43. The van der Waals surface area contributed by atoms with E-state index in [2.05, 4.69) is 104 Å². The Kier molecular flexibility index (Phi) is 6.60. The second-order valence-corrected chi connectivity index (χ2v) is 16.8. The number of hydrogen-bond acceptors (Lipinski definition) is 0. The van der Waals surface area contributed by atoms with Crippen LogP contribution in [0.3, 0.4) is 0 Å². The third-order valence-corrected chi connectivity index (χ3v) is 13.7. The molecule has 178 valence electrons. The van der Waals surface area contributed by atoms with Crippen molar-refractivity contribution in [3.63, 3.8) is 0 Å². The molecule has 0 bridgehead atoms. The Morgan fingerprint density at radius 3 is 2.18 bits per heavy atom. The number of benzene rings is 1. The summed E-state index contributed by atoms with van der Waals surface area (Å²) >= 11 is 0. The van der Waals surface area contributed by atoms with E-state index in [1.807, 2.05) is 0 Å². The van der Waals surface area contributed by atoms with Gasteiger partial charge in [-0.2, -0.15) is 0 Å². The first-order valence-electron chi connectivity index (χ1n) is 13.3. The molecule has 0 saturated heterocycles. The maximum atomic E-state index is 2.69. The van der Waals surface area contributed by atoms with Crippen molar-refractivity contribution in [1.29, 1.82) is 0 Å². The molecule has 0 aromatic heterocycles. The molecular weight excluding hydrogens is 412 g/mol. The van der Waals surface area contributed by atoms with Gasteiger partial charge in [0.15, 0.2) is 0 Å². The summed E-state index contributed by atoms with van der Waals surface area (Å²) in [6, 6.07) is 11.3. The fourth-order valence-electron chi connectivity index (χ4n) is 7.44. The lowest BCUT2D eigenvalue weighted by Crippen LogP contribution is -2.39. The summed E-state index contributed by atoms with van der Waals surface area (Å²) in [6.07, 6.45) is 10.6. The highest BCUT2D eigenvalue weighted by Crippen LogP contribution is 2.51. The molecule has 0 radical (unpaired) electrons. The van der Waals surface area contributed by atoms with E-state index in [9.17, 15) is 0 Å². The maximum Gasteiger partial charge on any atom is 0.112 e. The van der Waals surface area contributed by atoms with Crippen molar-refractivity contribution in [3.8, 4) is 0 Å². The fraction of sp³-hybridized carbons (Fsp3) is 0.562. The van der Waals surface area contributed by atoms with Crippen LogP contribution in [0.15, 0.2) is 75.2 Å². The SMILES string of the molecule is CC1=C(C)C(C)C(C)=C1[Si](C)(C)C1=CCC([C@@H]2C[C@H](C)CC[C@H]2C(C)(C)c2ccccc2)=C1. The van der Waals surface area contributed by atoms with Crippen LogP contribution in [0.2, 0.25) is 13.1 Å². The summed E-state index contributed by atoms with van der Waals surface area (Å²) in [7, 11) is -1.69. The molecule has 4 rings (SSSR count). The van der Waals surface area contributed by atoms with E-state index in [1.165, 1.54) is 31.2 Å². The van der Waals surface area contributed by atoms with Crippen molar-refractivity contribution in [2.75, 3.05) is 0 Å². The Hall–Kier alpha value is -1.60. The Morgan fingerprint density at radius 2 is 1.58 bits per heavy atom. The molecule has 1 saturated carbocycles. The van der Waals surface area contributed by atoms with E-state index >= 15 is 0 Å². The van der Waals surface area contributed by atoms with Crippen LogP contribution >= 0.6 is 0 Å². The van der Waals surface area contributed by atoms with Gasteiger partial charge in [-0.05, 0) is 74.7 Å². The Labute approximate surface area is 205 Å². The van der Waals surface area contributed by atoms with E-state index < -0.39 is 8.07 Å². The molecule has 0 aliphatic heterocycles. The minimum atomic E-state index is -1.69. The molecule has 0 N–H and O–H groups in total. The quantitative estimate of drug-likeness (QED) is 0.385. The van der Waals surface area contributed by atoms with Gasteiger partial charge in [0.05, 0.1) is 0 Å². The zero-order chi connectivity index (χ0) is 24.1. The summed E-state index contributed by atoms with van der Waals surface area (Å²) < 4.78 is 0. The summed E-state index contributed by atoms with van der Waals surface area (Å²) in [5.74, 6) is 2.88. The molecule has 0 heterocycles. The zero-order valence-corrected chi connectivity index (χ0v) is 23.7. The van der Waals surface area contributed by atoms with Crippen LogP contribution < -0.4 is 0 Å². The van der Waals surface area contributed by atoms with Gasteiger partial charge in [-0.15, -0.1) is 0 Å². The summed E-state index contributed by atoms with van der Waals surface area (Å²) in [4.78, 5) is 0. The van der Waals surface area contributed by atoms with Gasteiger partial charge in [0, 0.05) is 0 Å². The van der Waals surface area contributed by atoms with Crippen LogP contribution in [0.1, 0.15) is 79.7 Å². The van der Waals surface area contributed by atoms with Crippen molar-refractivity contribution < 1.29 is 0 Å². The number of hydrogen-bond donors (Lipinski definition) is 0. The maximum absolute atomic E-state index is 2.69. The minimum absolute atomic E-state index is 0.207. The molecule has 33 heavy (non-hydrogen) atoms. The molecule has 0 amide bonds. The van der Waals surface area contributed by atoms with E-state index in [0.717, 1.165) is 11.8 Å². The van der Waals surface area contributed by atoms with Crippen LogP contribution in [-0.2, 0) is 5.41 Å². The molecule has 1 heteroatoms. The molecule has 3 aliphatic carbocycles. The average Bonchev–Trinajstić information content (AvgIpc) is 3.35. The third-order valence-electron chi connectivity index (χ3n) is 9.94. The molecule has 0 spiro atoms. The largest absolute Gasteiger partial charge is 0.112 e. The Morgan fingerprint density at radius 1 is 0.909 bits per heavy atom. The molecule has 4 atom stereocenters. The molecule has 1 aromatic carbocycles. The van der Waals surface area contributed by atoms with Gasteiger partial charge in [-0.25, -0.2) is 0 Å². The lowest BCUT2D eigenvalue weighted by molar-refractivity contribution is 0.142. The second kappa shape index (κ2) is 8.88. The van der Waals surface area contributed by atoms with Gasteiger partial charge in [0.25, 0.3) is 0 Å². The van der Waals surface area contributed by atoms with Gasteiger partial charge < -0.3 is 0 Å². The Balaban J connectivity index is 1.66. The van der Waals surface area contributed by atoms with Crippen LogP contribution in [0.5, 0.6) is 0 Å². The minimum Gasteiger partial charge on any atom is -0.0808 e. The van der Waals surface area contributed by atoms with Crippen molar-refractivity contribution in [1.82, 2.24) is 0 Å². The standard InChI is InChI=1S/C32H46Si/c1-21-15-18-30(32(6,7)27-13-11-10-12-14-27)29(19-21)26-16-17-28(20-26)33(8,9)31-24(4)22(2)23(3)25(31)5/h10-14,17,20-22,29-30H,15-16,18-19H2,1-9H3/t21-,22?,29+,30-/m1/s1. The first-order chi connectivity index (χ1) is 15.5. The summed E-state index contributed by atoms with van der Waals surface area (Å²) in [5.41, 5.74) is 8.27. The first-order valence-corrected chi connectivity index (χ1v) is 16.3. The van der Waals surface area contributed by atoms with E-state index in [4.69, 9.17) is 0 Å². The summed E-state index contributed by atoms with van der Waals surface area (Å²) in [5, 5.41) is 3.41. The number of allylic oxidation sites excluding steroid dienone is 8. The predicted octanol–water partition coefficient (Wildman–Crippen LogP) is 9.36.